The third kappa shape index (κ3) is 3.26. The highest BCUT2D eigenvalue weighted by Crippen LogP contribution is 2.40. The Morgan fingerprint density at radius 2 is 1.87 bits per heavy atom. The Balaban J connectivity index is 1.86. The third-order valence-electron chi connectivity index (χ3n) is 4.81. The van der Waals surface area contributed by atoms with Gasteiger partial charge in [-0.15, -0.1) is 0 Å². The first-order valence-electron chi connectivity index (χ1n) is 7.74. The van der Waals surface area contributed by atoms with Gasteiger partial charge in [-0.25, -0.2) is 0 Å². The van der Waals surface area contributed by atoms with Crippen LogP contribution in [0.4, 0.5) is 0 Å². The van der Waals surface area contributed by atoms with Gasteiger partial charge in [0.2, 0.25) is 0 Å². The SMILES string of the molecule is CC1(c2ccc(Cl)cc2)CN(Cc2ccccc2)CC1C(=O)O. The van der Waals surface area contributed by atoms with Crippen LogP contribution in [0.1, 0.15) is 18.1 Å². The number of halogens is 1. The van der Waals surface area contributed by atoms with E-state index in [0.717, 1.165) is 18.7 Å². The molecule has 0 spiro atoms. The van der Waals surface area contributed by atoms with Crippen molar-refractivity contribution in [3.63, 3.8) is 0 Å². The molecule has 1 saturated heterocycles. The maximum absolute atomic E-state index is 11.8. The fraction of sp³-hybridized carbons (Fsp3) is 0.316. The van der Waals surface area contributed by atoms with E-state index in [1.54, 1.807) is 0 Å². The molecule has 0 radical (unpaired) electrons. The van der Waals surface area contributed by atoms with Crippen molar-refractivity contribution in [2.75, 3.05) is 13.1 Å². The number of likely N-dealkylation sites (tertiary alicyclic amines) is 1. The lowest BCUT2D eigenvalue weighted by molar-refractivity contribution is -0.142. The maximum Gasteiger partial charge on any atom is 0.308 e. The number of benzene rings is 2. The fourth-order valence-corrected chi connectivity index (χ4v) is 3.66. The number of rotatable bonds is 4. The Bertz CT molecular complexity index is 686. The molecule has 0 saturated carbocycles. The standard InChI is InChI=1S/C19H20ClNO2/c1-19(15-7-9-16(20)10-8-15)13-21(12-17(19)18(22)23)11-14-5-3-2-4-6-14/h2-10,17H,11-13H2,1H3,(H,22,23). The van der Waals surface area contributed by atoms with Gasteiger partial charge >= 0.3 is 5.97 Å². The highest BCUT2D eigenvalue weighted by atomic mass is 35.5. The number of hydrogen-bond donors (Lipinski definition) is 1. The molecule has 0 bridgehead atoms. The van der Waals surface area contributed by atoms with Crippen LogP contribution in [0.3, 0.4) is 0 Å². The molecule has 2 aromatic rings. The molecule has 120 valence electrons. The first-order valence-corrected chi connectivity index (χ1v) is 8.12. The monoisotopic (exact) mass is 329 g/mol. The van der Waals surface area contributed by atoms with Crippen LogP contribution in [0, 0.1) is 5.92 Å². The lowest BCUT2D eigenvalue weighted by Gasteiger charge is -2.29. The summed E-state index contributed by atoms with van der Waals surface area (Å²) in [7, 11) is 0. The number of nitrogens with zero attached hydrogens (tertiary/aromatic N) is 1. The van der Waals surface area contributed by atoms with Gasteiger partial charge in [0.15, 0.2) is 0 Å². The summed E-state index contributed by atoms with van der Waals surface area (Å²) in [4.78, 5) is 14.0. The van der Waals surface area contributed by atoms with Crippen LogP contribution in [0.15, 0.2) is 54.6 Å². The van der Waals surface area contributed by atoms with Crippen LogP contribution in [0.2, 0.25) is 5.02 Å². The third-order valence-corrected chi connectivity index (χ3v) is 5.06. The van der Waals surface area contributed by atoms with E-state index in [4.69, 9.17) is 11.6 Å². The molecule has 1 fully saturated rings. The number of aliphatic carboxylic acids is 1. The van der Waals surface area contributed by atoms with E-state index in [2.05, 4.69) is 17.0 Å². The summed E-state index contributed by atoms with van der Waals surface area (Å²) in [5.41, 5.74) is 1.83. The molecule has 2 unspecified atom stereocenters. The van der Waals surface area contributed by atoms with Crippen molar-refractivity contribution in [3.8, 4) is 0 Å². The van der Waals surface area contributed by atoms with Crippen molar-refractivity contribution in [1.29, 1.82) is 0 Å². The van der Waals surface area contributed by atoms with Gasteiger partial charge in [0.25, 0.3) is 0 Å². The van der Waals surface area contributed by atoms with Gasteiger partial charge in [-0.3, -0.25) is 9.69 Å². The van der Waals surface area contributed by atoms with Gasteiger partial charge in [-0.1, -0.05) is 61.0 Å². The number of hydrogen-bond acceptors (Lipinski definition) is 2. The van der Waals surface area contributed by atoms with E-state index >= 15 is 0 Å². The zero-order valence-electron chi connectivity index (χ0n) is 13.1. The Kier molecular flexibility index (Phi) is 4.42. The van der Waals surface area contributed by atoms with Crippen LogP contribution in [0.25, 0.3) is 0 Å². The zero-order valence-corrected chi connectivity index (χ0v) is 13.8. The van der Waals surface area contributed by atoms with E-state index in [9.17, 15) is 9.90 Å². The molecule has 3 nitrogen and oxygen atoms in total. The molecule has 0 aliphatic carbocycles. The molecule has 2 aromatic carbocycles. The van der Waals surface area contributed by atoms with Crippen LogP contribution >= 0.6 is 11.6 Å². The van der Waals surface area contributed by atoms with Crippen molar-refractivity contribution < 1.29 is 9.90 Å². The van der Waals surface area contributed by atoms with Gasteiger partial charge < -0.3 is 5.11 Å². The van der Waals surface area contributed by atoms with Gasteiger partial charge in [0, 0.05) is 30.1 Å². The first-order chi connectivity index (χ1) is 11.0. The average Bonchev–Trinajstić information content (AvgIpc) is 2.87. The van der Waals surface area contributed by atoms with Gasteiger partial charge in [0.1, 0.15) is 0 Å². The van der Waals surface area contributed by atoms with E-state index < -0.39 is 17.3 Å². The predicted octanol–water partition coefficient (Wildman–Crippen LogP) is 3.81. The van der Waals surface area contributed by atoms with Crippen LogP contribution in [-0.2, 0) is 16.8 Å². The van der Waals surface area contributed by atoms with E-state index in [-0.39, 0.29) is 0 Å². The van der Waals surface area contributed by atoms with Crippen molar-refractivity contribution in [2.45, 2.75) is 18.9 Å². The quantitative estimate of drug-likeness (QED) is 0.927. The number of carbonyl (C=O) groups is 1. The highest BCUT2D eigenvalue weighted by Gasteiger charge is 2.47. The van der Waals surface area contributed by atoms with E-state index in [1.807, 2.05) is 49.4 Å². The second-order valence-electron chi connectivity index (χ2n) is 6.47. The molecular weight excluding hydrogens is 310 g/mol. The minimum atomic E-state index is -0.738. The topological polar surface area (TPSA) is 40.5 Å². The minimum Gasteiger partial charge on any atom is -0.481 e. The largest absolute Gasteiger partial charge is 0.481 e. The molecule has 1 N–H and O–H groups in total. The lowest BCUT2D eigenvalue weighted by atomic mass is 9.74. The Labute approximate surface area is 141 Å². The zero-order chi connectivity index (χ0) is 16.4. The summed E-state index contributed by atoms with van der Waals surface area (Å²) >= 11 is 5.97. The van der Waals surface area contributed by atoms with E-state index in [0.29, 0.717) is 11.6 Å². The lowest BCUT2D eigenvalue weighted by Crippen LogP contribution is -2.36. The van der Waals surface area contributed by atoms with Gasteiger partial charge in [-0.05, 0) is 23.3 Å². The number of carboxylic acid groups (broad SMARTS) is 1. The van der Waals surface area contributed by atoms with Crippen molar-refractivity contribution in [3.05, 3.63) is 70.7 Å². The molecule has 4 heteroatoms. The molecule has 23 heavy (non-hydrogen) atoms. The fourth-order valence-electron chi connectivity index (χ4n) is 3.53. The molecular formula is C19H20ClNO2. The normalized spacial score (nSPS) is 24.7. The molecule has 2 atom stereocenters. The van der Waals surface area contributed by atoms with Crippen molar-refractivity contribution in [1.82, 2.24) is 4.90 Å². The van der Waals surface area contributed by atoms with Gasteiger partial charge in [0.05, 0.1) is 5.92 Å². The number of carboxylic acids is 1. The van der Waals surface area contributed by atoms with Crippen molar-refractivity contribution >= 4 is 17.6 Å². The Hall–Kier alpha value is -1.84. The van der Waals surface area contributed by atoms with Crippen molar-refractivity contribution in [2.24, 2.45) is 5.92 Å². The second kappa shape index (κ2) is 6.34. The average molecular weight is 330 g/mol. The summed E-state index contributed by atoms with van der Waals surface area (Å²) in [6.45, 7) is 4.09. The van der Waals surface area contributed by atoms with Crippen LogP contribution in [-0.4, -0.2) is 29.1 Å². The highest BCUT2D eigenvalue weighted by molar-refractivity contribution is 6.30. The molecule has 1 aliphatic rings. The second-order valence-corrected chi connectivity index (χ2v) is 6.91. The molecule has 0 aromatic heterocycles. The molecule has 1 heterocycles. The Morgan fingerprint density at radius 3 is 2.48 bits per heavy atom. The summed E-state index contributed by atoms with van der Waals surface area (Å²) < 4.78 is 0. The smallest absolute Gasteiger partial charge is 0.308 e. The summed E-state index contributed by atoms with van der Waals surface area (Å²) in [6.07, 6.45) is 0. The summed E-state index contributed by atoms with van der Waals surface area (Å²) in [5, 5.41) is 10.4. The molecule has 3 rings (SSSR count). The molecule has 1 aliphatic heterocycles. The first kappa shape index (κ1) is 16.0. The molecule has 0 amide bonds. The van der Waals surface area contributed by atoms with Crippen LogP contribution in [0.5, 0.6) is 0 Å². The summed E-state index contributed by atoms with van der Waals surface area (Å²) in [5.74, 6) is -1.16. The van der Waals surface area contributed by atoms with Gasteiger partial charge in [-0.2, -0.15) is 0 Å². The van der Waals surface area contributed by atoms with Crippen LogP contribution < -0.4 is 0 Å². The summed E-state index contributed by atoms with van der Waals surface area (Å²) in [6, 6.07) is 17.7. The van der Waals surface area contributed by atoms with E-state index in [1.165, 1.54) is 5.56 Å². The predicted molar refractivity (Wildman–Crippen MR) is 91.6 cm³/mol. The maximum atomic E-state index is 11.8. The Morgan fingerprint density at radius 1 is 1.22 bits per heavy atom. The minimum absolute atomic E-state index is 0.412.